The van der Waals surface area contributed by atoms with E-state index in [-0.39, 0.29) is 23.7 Å². The molecule has 0 radical (unpaired) electrons. The van der Waals surface area contributed by atoms with Crippen molar-refractivity contribution < 1.29 is 16.8 Å². The first-order chi connectivity index (χ1) is 8.26. The Labute approximate surface area is 105 Å². The number of hydrogen-bond acceptors (Lipinski definition) is 6. The van der Waals surface area contributed by atoms with Crippen LogP contribution in [0.15, 0.2) is 23.2 Å². The fourth-order valence-corrected chi connectivity index (χ4v) is 2.96. The van der Waals surface area contributed by atoms with Crippen LogP contribution in [0.1, 0.15) is 5.69 Å². The van der Waals surface area contributed by atoms with Crippen LogP contribution >= 0.6 is 0 Å². The van der Waals surface area contributed by atoms with Crippen molar-refractivity contribution in [3.63, 3.8) is 0 Å². The van der Waals surface area contributed by atoms with Crippen molar-refractivity contribution in [3.8, 4) is 0 Å². The van der Waals surface area contributed by atoms with Gasteiger partial charge in [-0.25, -0.2) is 26.7 Å². The third kappa shape index (κ3) is 4.31. The van der Waals surface area contributed by atoms with Crippen LogP contribution in [0.5, 0.6) is 0 Å². The van der Waals surface area contributed by atoms with Crippen LogP contribution in [0.2, 0.25) is 0 Å². The first kappa shape index (κ1) is 15.0. The van der Waals surface area contributed by atoms with Gasteiger partial charge in [-0.1, -0.05) is 0 Å². The van der Waals surface area contributed by atoms with Gasteiger partial charge in [-0.3, -0.25) is 4.98 Å². The van der Waals surface area contributed by atoms with Crippen LogP contribution in [-0.4, -0.2) is 34.1 Å². The highest BCUT2D eigenvalue weighted by atomic mass is 32.2. The molecule has 0 saturated carbocycles. The molecule has 0 aromatic carbocycles. The van der Waals surface area contributed by atoms with E-state index < -0.39 is 25.8 Å². The minimum Gasteiger partial charge on any atom is -0.325 e. The number of primary sulfonamides is 1. The van der Waals surface area contributed by atoms with Gasteiger partial charge in [0.15, 0.2) is 0 Å². The van der Waals surface area contributed by atoms with E-state index in [1.54, 1.807) is 0 Å². The first-order valence-corrected chi connectivity index (χ1v) is 8.10. The van der Waals surface area contributed by atoms with Crippen molar-refractivity contribution in [2.75, 3.05) is 12.3 Å². The smallest absolute Gasteiger partial charge is 0.242 e. The van der Waals surface area contributed by atoms with Gasteiger partial charge in [-0.15, -0.1) is 0 Å². The van der Waals surface area contributed by atoms with Gasteiger partial charge in [0.25, 0.3) is 0 Å². The summed E-state index contributed by atoms with van der Waals surface area (Å²) in [5.74, 6) is -0.482. The zero-order valence-electron chi connectivity index (χ0n) is 9.40. The summed E-state index contributed by atoms with van der Waals surface area (Å²) in [4.78, 5) is 3.77. The van der Waals surface area contributed by atoms with Crippen LogP contribution in [0.25, 0.3) is 0 Å². The monoisotopic (exact) mass is 294 g/mol. The van der Waals surface area contributed by atoms with Crippen LogP contribution in [0.4, 0.5) is 0 Å². The van der Waals surface area contributed by atoms with E-state index in [1.807, 2.05) is 0 Å². The van der Waals surface area contributed by atoms with E-state index in [0.29, 0.717) is 0 Å². The summed E-state index contributed by atoms with van der Waals surface area (Å²) >= 11 is 0. The SMILES string of the molecule is NCc1ncccc1S(=O)(=O)NCCS(N)(=O)=O. The van der Waals surface area contributed by atoms with Crippen LogP contribution in [0.3, 0.4) is 0 Å². The quantitative estimate of drug-likeness (QED) is 0.559. The van der Waals surface area contributed by atoms with Crippen LogP contribution < -0.4 is 15.6 Å². The maximum Gasteiger partial charge on any atom is 0.242 e. The average Bonchev–Trinajstić information content (AvgIpc) is 2.27. The molecule has 10 heteroatoms. The summed E-state index contributed by atoms with van der Waals surface area (Å²) in [5.41, 5.74) is 5.58. The molecule has 5 N–H and O–H groups in total. The lowest BCUT2D eigenvalue weighted by atomic mass is 10.3. The largest absolute Gasteiger partial charge is 0.325 e. The number of sulfonamides is 2. The Kier molecular flexibility index (Phi) is 4.76. The molecule has 1 aromatic rings. The number of nitrogens with two attached hydrogens (primary N) is 2. The van der Waals surface area contributed by atoms with Gasteiger partial charge >= 0.3 is 0 Å². The van der Waals surface area contributed by atoms with Gasteiger partial charge in [-0.05, 0) is 12.1 Å². The second-order valence-corrected chi connectivity index (χ2v) is 6.89. The Hall–Kier alpha value is -1.07. The Morgan fingerprint density at radius 3 is 2.50 bits per heavy atom. The highest BCUT2D eigenvalue weighted by Crippen LogP contribution is 2.11. The van der Waals surface area contributed by atoms with Crippen LogP contribution in [-0.2, 0) is 26.6 Å². The third-order valence-corrected chi connectivity index (χ3v) is 4.32. The van der Waals surface area contributed by atoms with E-state index in [0.717, 1.165) is 0 Å². The molecule has 0 fully saturated rings. The zero-order valence-corrected chi connectivity index (χ0v) is 11.0. The lowest BCUT2D eigenvalue weighted by molar-refractivity contribution is 0.579. The molecule has 0 spiro atoms. The minimum atomic E-state index is -3.84. The molecule has 1 aromatic heterocycles. The zero-order chi connectivity index (χ0) is 13.8. The Bertz CT molecular complexity index is 612. The molecule has 18 heavy (non-hydrogen) atoms. The number of nitrogens with zero attached hydrogens (tertiary/aromatic N) is 1. The molecule has 0 atom stereocenters. The van der Waals surface area contributed by atoms with Gasteiger partial charge in [0.05, 0.1) is 11.4 Å². The van der Waals surface area contributed by atoms with Gasteiger partial charge in [0, 0.05) is 19.3 Å². The van der Waals surface area contributed by atoms with Crippen molar-refractivity contribution >= 4 is 20.0 Å². The lowest BCUT2D eigenvalue weighted by Gasteiger charge is -2.08. The summed E-state index contributed by atoms with van der Waals surface area (Å²) < 4.78 is 47.2. The minimum absolute atomic E-state index is 0.0354. The highest BCUT2D eigenvalue weighted by molar-refractivity contribution is 7.90. The molecule has 0 aliphatic rings. The third-order valence-electron chi connectivity index (χ3n) is 2.01. The van der Waals surface area contributed by atoms with Crippen molar-refractivity contribution in [3.05, 3.63) is 24.0 Å². The molecular formula is C8H14N4O4S2. The predicted molar refractivity (Wildman–Crippen MR) is 65.3 cm³/mol. The van der Waals surface area contributed by atoms with Crippen LogP contribution in [0, 0.1) is 0 Å². The fourth-order valence-electron chi connectivity index (χ4n) is 1.22. The highest BCUT2D eigenvalue weighted by Gasteiger charge is 2.18. The lowest BCUT2D eigenvalue weighted by Crippen LogP contribution is -2.32. The van der Waals surface area contributed by atoms with E-state index in [4.69, 9.17) is 10.9 Å². The van der Waals surface area contributed by atoms with Crippen molar-refractivity contribution in [1.82, 2.24) is 9.71 Å². The molecule has 0 unspecified atom stereocenters. The number of hydrogen-bond donors (Lipinski definition) is 3. The first-order valence-electron chi connectivity index (χ1n) is 4.90. The van der Waals surface area contributed by atoms with Crippen molar-refractivity contribution in [2.45, 2.75) is 11.4 Å². The molecule has 102 valence electrons. The van der Waals surface area contributed by atoms with Gasteiger partial charge in [0.2, 0.25) is 20.0 Å². The molecule has 8 nitrogen and oxygen atoms in total. The summed E-state index contributed by atoms with van der Waals surface area (Å²) in [6.07, 6.45) is 1.42. The summed E-state index contributed by atoms with van der Waals surface area (Å²) in [6.45, 7) is -0.341. The number of nitrogens with one attached hydrogen (secondary N) is 1. The standard InChI is InChI=1S/C8H14N4O4S2/c9-6-7-8(2-1-3-11-7)18(15,16)12-4-5-17(10,13)14/h1-3,12H,4-6,9H2,(H2,10,13,14). The molecule has 0 amide bonds. The summed E-state index contributed by atoms with van der Waals surface area (Å²) in [7, 11) is -7.55. The van der Waals surface area contributed by atoms with Crippen molar-refractivity contribution in [2.24, 2.45) is 10.9 Å². The van der Waals surface area contributed by atoms with Crippen molar-refractivity contribution in [1.29, 1.82) is 0 Å². The summed E-state index contributed by atoms with van der Waals surface area (Å²) in [6, 6.07) is 2.79. The van der Waals surface area contributed by atoms with E-state index in [2.05, 4.69) is 9.71 Å². The summed E-state index contributed by atoms with van der Waals surface area (Å²) in [5, 5.41) is 4.76. The van der Waals surface area contributed by atoms with Gasteiger partial charge in [0.1, 0.15) is 4.90 Å². The molecule has 0 saturated heterocycles. The fraction of sp³-hybridized carbons (Fsp3) is 0.375. The molecular weight excluding hydrogens is 280 g/mol. The average molecular weight is 294 g/mol. The molecule has 1 heterocycles. The number of pyridine rings is 1. The maximum absolute atomic E-state index is 11.9. The number of aromatic nitrogens is 1. The van der Waals surface area contributed by atoms with E-state index in [9.17, 15) is 16.8 Å². The normalized spacial score (nSPS) is 12.6. The molecule has 0 aliphatic carbocycles. The van der Waals surface area contributed by atoms with Gasteiger partial charge in [-0.2, -0.15) is 0 Å². The Balaban J connectivity index is 2.87. The van der Waals surface area contributed by atoms with E-state index in [1.165, 1.54) is 18.3 Å². The number of rotatable bonds is 6. The maximum atomic E-state index is 11.9. The molecule has 0 bridgehead atoms. The van der Waals surface area contributed by atoms with E-state index >= 15 is 0 Å². The topological polar surface area (TPSA) is 145 Å². The second kappa shape index (κ2) is 5.71. The van der Waals surface area contributed by atoms with Gasteiger partial charge < -0.3 is 5.73 Å². The molecule has 1 rings (SSSR count). The molecule has 0 aliphatic heterocycles. The Morgan fingerprint density at radius 1 is 1.28 bits per heavy atom. The predicted octanol–water partition coefficient (Wildman–Crippen LogP) is -1.89. The second-order valence-electron chi connectivity index (χ2n) is 3.42. The Morgan fingerprint density at radius 2 is 1.94 bits per heavy atom.